The zero-order valence-electron chi connectivity index (χ0n) is 12.2. The molecule has 0 aliphatic rings. The van der Waals surface area contributed by atoms with E-state index in [1.165, 1.54) is 0 Å². The lowest BCUT2D eigenvalue weighted by atomic mass is 10.0. The number of ether oxygens (including phenoxy) is 1. The minimum absolute atomic E-state index is 0.106. The van der Waals surface area contributed by atoms with Crippen molar-refractivity contribution in [1.29, 1.82) is 0 Å². The van der Waals surface area contributed by atoms with Crippen molar-refractivity contribution >= 4 is 11.7 Å². The van der Waals surface area contributed by atoms with Gasteiger partial charge in [-0.15, -0.1) is 0 Å². The predicted octanol–water partition coefficient (Wildman–Crippen LogP) is 3.98. The van der Waals surface area contributed by atoms with Crippen molar-refractivity contribution in [2.24, 2.45) is 4.99 Å². The zero-order chi connectivity index (χ0) is 16.9. The Morgan fingerprint density at radius 3 is 1.74 bits per heavy atom. The van der Waals surface area contributed by atoms with Crippen molar-refractivity contribution in [3.05, 3.63) is 71.8 Å². The summed E-state index contributed by atoms with van der Waals surface area (Å²) >= 11 is 0. The van der Waals surface area contributed by atoms with E-state index in [4.69, 9.17) is 0 Å². The molecule has 0 aliphatic carbocycles. The number of rotatable bonds is 4. The van der Waals surface area contributed by atoms with E-state index in [1.807, 2.05) is 0 Å². The molecule has 0 spiro atoms. The van der Waals surface area contributed by atoms with Crippen molar-refractivity contribution < 1.29 is 22.7 Å². The lowest BCUT2D eigenvalue weighted by Crippen LogP contribution is -2.32. The summed E-state index contributed by atoms with van der Waals surface area (Å²) in [7, 11) is 0. The minimum Gasteiger partial charge on any atom is -0.430 e. The van der Waals surface area contributed by atoms with E-state index in [9.17, 15) is 18.0 Å². The quantitative estimate of drug-likeness (QED) is 0.631. The fraction of sp³-hybridized carbons (Fsp3) is 0.176. The fourth-order valence-electron chi connectivity index (χ4n) is 1.95. The van der Waals surface area contributed by atoms with Gasteiger partial charge < -0.3 is 4.74 Å². The van der Waals surface area contributed by atoms with Crippen LogP contribution >= 0.6 is 0 Å². The van der Waals surface area contributed by atoms with Crippen LogP contribution in [0.3, 0.4) is 0 Å². The van der Waals surface area contributed by atoms with Crippen LogP contribution in [0, 0.1) is 0 Å². The average Bonchev–Trinajstić information content (AvgIpc) is 2.51. The lowest BCUT2D eigenvalue weighted by Gasteiger charge is -2.18. The second-order valence-electron chi connectivity index (χ2n) is 4.71. The van der Waals surface area contributed by atoms with Gasteiger partial charge in [-0.3, -0.25) is 4.79 Å². The van der Waals surface area contributed by atoms with Crippen LogP contribution in [0.2, 0.25) is 0 Å². The fourth-order valence-corrected chi connectivity index (χ4v) is 1.95. The number of carbonyl (C=O) groups excluding carboxylic acids is 1. The molecule has 0 fully saturated rings. The standard InChI is InChI=1S/C17H14F3NO2/c1-12(22)23-16(17(18,19)20)21-15(13-8-4-2-5-9-13)14-10-6-3-7-11-14/h2-11,16H,1H3. The third kappa shape index (κ3) is 4.67. The maximum Gasteiger partial charge on any atom is 0.447 e. The molecule has 2 rings (SSSR count). The average molecular weight is 321 g/mol. The molecule has 3 nitrogen and oxygen atoms in total. The first kappa shape index (κ1) is 16.7. The van der Waals surface area contributed by atoms with E-state index in [-0.39, 0.29) is 5.71 Å². The summed E-state index contributed by atoms with van der Waals surface area (Å²) in [5, 5.41) is 0. The van der Waals surface area contributed by atoms with E-state index in [0.29, 0.717) is 11.1 Å². The minimum atomic E-state index is -4.79. The number of aliphatic imine (C=N–C) groups is 1. The lowest BCUT2D eigenvalue weighted by molar-refractivity contribution is -0.217. The van der Waals surface area contributed by atoms with E-state index in [2.05, 4.69) is 9.73 Å². The topological polar surface area (TPSA) is 38.7 Å². The van der Waals surface area contributed by atoms with Gasteiger partial charge in [0.1, 0.15) is 0 Å². The van der Waals surface area contributed by atoms with Gasteiger partial charge in [0, 0.05) is 18.1 Å². The van der Waals surface area contributed by atoms with Crippen LogP contribution in [-0.4, -0.2) is 24.1 Å². The van der Waals surface area contributed by atoms with Crippen molar-refractivity contribution in [1.82, 2.24) is 0 Å². The van der Waals surface area contributed by atoms with Gasteiger partial charge in [0.25, 0.3) is 6.23 Å². The van der Waals surface area contributed by atoms with Gasteiger partial charge >= 0.3 is 12.1 Å². The Balaban J connectivity index is 2.53. The molecule has 2 aromatic carbocycles. The van der Waals surface area contributed by atoms with Crippen molar-refractivity contribution in [2.45, 2.75) is 19.3 Å². The highest BCUT2D eigenvalue weighted by molar-refractivity contribution is 6.12. The highest BCUT2D eigenvalue weighted by Crippen LogP contribution is 2.26. The van der Waals surface area contributed by atoms with Gasteiger partial charge in [0.2, 0.25) is 0 Å². The Kier molecular flexibility index (Phi) is 5.16. The summed E-state index contributed by atoms with van der Waals surface area (Å²) in [6.07, 6.45) is -7.34. The molecule has 0 bridgehead atoms. The molecular weight excluding hydrogens is 307 g/mol. The van der Waals surface area contributed by atoms with Crippen LogP contribution in [0.4, 0.5) is 13.2 Å². The molecule has 120 valence electrons. The van der Waals surface area contributed by atoms with E-state index >= 15 is 0 Å². The monoisotopic (exact) mass is 321 g/mol. The van der Waals surface area contributed by atoms with Crippen molar-refractivity contribution in [2.75, 3.05) is 0 Å². The molecule has 0 amide bonds. The maximum absolute atomic E-state index is 13.1. The third-order valence-corrected chi connectivity index (χ3v) is 2.90. The first-order valence-electron chi connectivity index (χ1n) is 6.80. The zero-order valence-corrected chi connectivity index (χ0v) is 12.2. The number of nitrogens with zero attached hydrogens (tertiary/aromatic N) is 1. The number of benzene rings is 2. The number of carbonyl (C=O) groups is 1. The summed E-state index contributed by atoms with van der Waals surface area (Å²) in [5.41, 5.74) is 1.11. The largest absolute Gasteiger partial charge is 0.447 e. The molecule has 1 atom stereocenters. The normalized spacial score (nSPS) is 12.3. The molecule has 0 aliphatic heterocycles. The number of alkyl halides is 3. The number of esters is 1. The van der Waals surface area contributed by atoms with Gasteiger partial charge in [0.05, 0.1) is 5.71 Å². The van der Waals surface area contributed by atoms with Crippen LogP contribution in [0.1, 0.15) is 18.1 Å². The first-order valence-corrected chi connectivity index (χ1v) is 6.80. The Bertz CT molecular complexity index is 640. The molecular formula is C17H14F3NO2. The summed E-state index contributed by atoms with van der Waals surface area (Å²) < 4.78 is 43.6. The summed E-state index contributed by atoms with van der Waals surface area (Å²) in [5.74, 6) is -1.04. The number of hydrogen-bond donors (Lipinski definition) is 0. The maximum atomic E-state index is 13.1. The summed E-state index contributed by atoms with van der Waals surface area (Å²) in [6.45, 7) is 0.916. The molecule has 0 saturated heterocycles. The Hall–Kier alpha value is -2.63. The van der Waals surface area contributed by atoms with Gasteiger partial charge in [-0.1, -0.05) is 60.7 Å². The number of halogens is 3. The SMILES string of the molecule is CC(=O)OC(N=C(c1ccccc1)c1ccccc1)C(F)(F)F. The van der Waals surface area contributed by atoms with E-state index in [1.54, 1.807) is 60.7 Å². The van der Waals surface area contributed by atoms with Crippen LogP contribution < -0.4 is 0 Å². The van der Waals surface area contributed by atoms with Crippen LogP contribution in [0.25, 0.3) is 0 Å². The molecule has 0 radical (unpaired) electrons. The smallest absolute Gasteiger partial charge is 0.430 e. The second-order valence-corrected chi connectivity index (χ2v) is 4.71. The van der Waals surface area contributed by atoms with Crippen LogP contribution in [-0.2, 0) is 9.53 Å². The molecule has 0 saturated carbocycles. The Morgan fingerprint density at radius 1 is 0.957 bits per heavy atom. The molecule has 6 heteroatoms. The summed E-state index contributed by atoms with van der Waals surface area (Å²) in [6, 6.07) is 16.9. The van der Waals surface area contributed by atoms with Gasteiger partial charge in [-0.25, -0.2) is 4.99 Å². The predicted molar refractivity (Wildman–Crippen MR) is 80.1 cm³/mol. The number of hydrogen-bond acceptors (Lipinski definition) is 3. The molecule has 0 heterocycles. The first-order chi connectivity index (χ1) is 10.9. The van der Waals surface area contributed by atoms with Gasteiger partial charge in [0.15, 0.2) is 0 Å². The molecule has 1 unspecified atom stereocenters. The highest BCUT2D eigenvalue weighted by Gasteiger charge is 2.43. The van der Waals surface area contributed by atoms with E-state index < -0.39 is 18.4 Å². The Labute approximate surface area is 131 Å². The van der Waals surface area contributed by atoms with Crippen LogP contribution in [0.5, 0.6) is 0 Å². The third-order valence-electron chi connectivity index (χ3n) is 2.90. The molecule has 0 N–H and O–H groups in total. The van der Waals surface area contributed by atoms with Crippen molar-refractivity contribution in [3.63, 3.8) is 0 Å². The molecule has 23 heavy (non-hydrogen) atoms. The van der Waals surface area contributed by atoms with Crippen molar-refractivity contribution in [3.8, 4) is 0 Å². The van der Waals surface area contributed by atoms with Gasteiger partial charge in [-0.05, 0) is 0 Å². The van der Waals surface area contributed by atoms with Gasteiger partial charge in [-0.2, -0.15) is 13.2 Å². The van der Waals surface area contributed by atoms with E-state index in [0.717, 1.165) is 6.92 Å². The molecule has 0 aromatic heterocycles. The van der Waals surface area contributed by atoms with Crippen LogP contribution in [0.15, 0.2) is 65.7 Å². The second kappa shape index (κ2) is 7.09. The molecule has 2 aromatic rings. The Morgan fingerprint density at radius 2 is 1.39 bits per heavy atom. The summed E-state index contributed by atoms with van der Waals surface area (Å²) in [4.78, 5) is 14.6. The highest BCUT2D eigenvalue weighted by atomic mass is 19.4.